The number of hydrogen-bond acceptors (Lipinski definition) is 3. The molecule has 1 aromatic rings. The van der Waals surface area contributed by atoms with Gasteiger partial charge < -0.3 is 14.7 Å². The summed E-state index contributed by atoms with van der Waals surface area (Å²) in [7, 11) is 1.67. The number of amides is 1. The zero-order chi connectivity index (χ0) is 16.1. The van der Waals surface area contributed by atoms with E-state index in [9.17, 15) is 9.59 Å². The third kappa shape index (κ3) is 3.85. The number of benzene rings is 1. The zero-order valence-electron chi connectivity index (χ0n) is 13.1. The summed E-state index contributed by atoms with van der Waals surface area (Å²) < 4.78 is 5.84. The number of aliphatic carboxylic acids is 1. The average molecular weight is 305 g/mol. The predicted molar refractivity (Wildman–Crippen MR) is 82.3 cm³/mol. The maximum Gasteiger partial charge on any atom is 0.308 e. The number of carboxylic acid groups (broad SMARTS) is 1. The molecule has 22 heavy (non-hydrogen) atoms. The minimum atomic E-state index is -0.890. The van der Waals surface area contributed by atoms with E-state index in [1.54, 1.807) is 14.0 Å². The third-order valence-electron chi connectivity index (χ3n) is 4.11. The van der Waals surface area contributed by atoms with Gasteiger partial charge in [0, 0.05) is 20.2 Å². The molecule has 3 unspecified atom stereocenters. The molecule has 1 amide bonds. The van der Waals surface area contributed by atoms with Gasteiger partial charge in [0.1, 0.15) is 0 Å². The Bertz CT molecular complexity index is 517. The lowest BCUT2D eigenvalue weighted by Crippen LogP contribution is -2.41. The van der Waals surface area contributed by atoms with Gasteiger partial charge in [0.15, 0.2) is 0 Å². The molecule has 3 atom stereocenters. The van der Waals surface area contributed by atoms with Crippen LogP contribution < -0.4 is 0 Å². The summed E-state index contributed by atoms with van der Waals surface area (Å²) in [6, 6.07) is 9.74. The first-order valence-electron chi connectivity index (χ1n) is 7.65. The SMILES string of the molecule is CC(CN(C)C(=O)C1CCCOC1c1ccccc1)C(=O)O. The molecule has 1 aromatic carbocycles. The normalized spacial score (nSPS) is 22.8. The van der Waals surface area contributed by atoms with Gasteiger partial charge in [0.05, 0.1) is 17.9 Å². The van der Waals surface area contributed by atoms with E-state index in [0.29, 0.717) is 6.61 Å². The van der Waals surface area contributed by atoms with Gasteiger partial charge in [-0.1, -0.05) is 37.3 Å². The molecule has 0 bridgehead atoms. The number of hydrogen-bond donors (Lipinski definition) is 1. The fraction of sp³-hybridized carbons (Fsp3) is 0.529. The van der Waals surface area contributed by atoms with Crippen molar-refractivity contribution < 1.29 is 19.4 Å². The third-order valence-corrected chi connectivity index (χ3v) is 4.11. The number of nitrogens with zero attached hydrogens (tertiary/aromatic N) is 1. The topological polar surface area (TPSA) is 66.8 Å². The Labute approximate surface area is 130 Å². The van der Waals surface area contributed by atoms with Crippen molar-refractivity contribution in [2.75, 3.05) is 20.2 Å². The van der Waals surface area contributed by atoms with E-state index in [4.69, 9.17) is 9.84 Å². The van der Waals surface area contributed by atoms with E-state index in [1.165, 1.54) is 4.90 Å². The number of rotatable bonds is 5. The van der Waals surface area contributed by atoms with Crippen LogP contribution in [0.3, 0.4) is 0 Å². The Morgan fingerprint density at radius 3 is 2.68 bits per heavy atom. The first-order chi connectivity index (χ1) is 10.5. The standard InChI is InChI=1S/C17H23NO4/c1-12(17(20)21)11-18(2)16(19)14-9-6-10-22-15(14)13-7-4-3-5-8-13/h3-5,7-8,12,14-15H,6,9-11H2,1-2H3,(H,20,21). The summed E-state index contributed by atoms with van der Waals surface area (Å²) in [6.45, 7) is 2.48. The number of carbonyl (C=O) groups excluding carboxylic acids is 1. The van der Waals surface area contributed by atoms with Crippen molar-refractivity contribution in [3.63, 3.8) is 0 Å². The Kier molecular flexibility index (Phi) is 5.55. The largest absolute Gasteiger partial charge is 0.481 e. The van der Waals surface area contributed by atoms with Gasteiger partial charge in [-0.15, -0.1) is 0 Å². The number of carbonyl (C=O) groups is 2. The summed E-state index contributed by atoms with van der Waals surface area (Å²) >= 11 is 0. The van der Waals surface area contributed by atoms with E-state index in [1.807, 2.05) is 30.3 Å². The van der Waals surface area contributed by atoms with Crippen LogP contribution >= 0.6 is 0 Å². The predicted octanol–water partition coefficient (Wildman–Crippen LogP) is 2.33. The summed E-state index contributed by atoms with van der Waals surface area (Å²) in [4.78, 5) is 25.2. The van der Waals surface area contributed by atoms with Crippen LogP contribution in [0.15, 0.2) is 30.3 Å². The van der Waals surface area contributed by atoms with E-state index in [-0.39, 0.29) is 24.5 Å². The van der Waals surface area contributed by atoms with Crippen LogP contribution in [0.25, 0.3) is 0 Å². The lowest BCUT2D eigenvalue weighted by atomic mass is 9.88. The summed E-state index contributed by atoms with van der Waals surface area (Å²) in [5.74, 6) is -1.75. The van der Waals surface area contributed by atoms with Crippen molar-refractivity contribution in [2.24, 2.45) is 11.8 Å². The first kappa shape index (κ1) is 16.5. The van der Waals surface area contributed by atoms with E-state index in [2.05, 4.69) is 0 Å². The van der Waals surface area contributed by atoms with E-state index >= 15 is 0 Å². The highest BCUT2D eigenvalue weighted by Gasteiger charge is 2.35. The quantitative estimate of drug-likeness (QED) is 0.906. The van der Waals surface area contributed by atoms with Crippen LogP contribution in [0.4, 0.5) is 0 Å². The van der Waals surface area contributed by atoms with Gasteiger partial charge >= 0.3 is 5.97 Å². The fourth-order valence-corrected chi connectivity index (χ4v) is 2.87. The Morgan fingerprint density at radius 2 is 2.05 bits per heavy atom. The van der Waals surface area contributed by atoms with Crippen molar-refractivity contribution in [3.05, 3.63) is 35.9 Å². The van der Waals surface area contributed by atoms with Gasteiger partial charge in [0.25, 0.3) is 0 Å². The molecule has 2 rings (SSSR count). The van der Waals surface area contributed by atoms with Gasteiger partial charge in [-0.05, 0) is 18.4 Å². The molecule has 0 radical (unpaired) electrons. The molecule has 120 valence electrons. The van der Waals surface area contributed by atoms with Gasteiger partial charge in [-0.3, -0.25) is 9.59 Å². The minimum Gasteiger partial charge on any atom is -0.481 e. The maximum absolute atomic E-state index is 12.7. The van der Waals surface area contributed by atoms with Crippen LogP contribution in [0.5, 0.6) is 0 Å². The smallest absolute Gasteiger partial charge is 0.308 e. The molecule has 0 saturated carbocycles. The number of ether oxygens (including phenoxy) is 1. The summed E-state index contributed by atoms with van der Waals surface area (Å²) in [5.41, 5.74) is 1.00. The second kappa shape index (κ2) is 7.40. The van der Waals surface area contributed by atoms with Gasteiger partial charge in [-0.25, -0.2) is 0 Å². The molecule has 0 aliphatic carbocycles. The highest BCUT2D eigenvalue weighted by Crippen LogP contribution is 2.34. The van der Waals surface area contributed by atoms with E-state index < -0.39 is 11.9 Å². The molecule has 1 N–H and O–H groups in total. The van der Waals surface area contributed by atoms with Crippen LogP contribution in [-0.2, 0) is 14.3 Å². The summed E-state index contributed by atoms with van der Waals surface area (Å²) in [5, 5.41) is 8.99. The molecule has 1 aliphatic rings. The molecule has 1 aliphatic heterocycles. The summed E-state index contributed by atoms with van der Waals surface area (Å²) in [6.07, 6.45) is 1.37. The molecule has 5 heteroatoms. The van der Waals surface area contributed by atoms with Crippen molar-refractivity contribution in [2.45, 2.75) is 25.9 Å². The van der Waals surface area contributed by atoms with Crippen LogP contribution in [-0.4, -0.2) is 42.1 Å². The van der Waals surface area contributed by atoms with Gasteiger partial charge in [-0.2, -0.15) is 0 Å². The second-order valence-electron chi connectivity index (χ2n) is 5.91. The molecule has 5 nitrogen and oxygen atoms in total. The average Bonchev–Trinajstić information content (AvgIpc) is 2.54. The molecular weight excluding hydrogens is 282 g/mol. The first-order valence-corrected chi connectivity index (χ1v) is 7.65. The minimum absolute atomic E-state index is 0.0401. The second-order valence-corrected chi connectivity index (χ2v) is 5.91. The number of carboxylic acids is 1. The highest BCUT2D eigenvalue weighted by atomic mass is 16.5. The van der Waals surface area contributed by atoms with Crippen molar-refractivity contribution >= 4 is 11.9 Å². The van der Waals surface area contributed by atoms with Crippen LogP contribution in [0, 0.1) is 11.8 Å². The molecule has 1 fully saturated rings. The molecule has 0 spiro atoms. The van der Waals surface area contributed by atoms with E-state index in [0.717, 1.165) is 18.4 Å². The van der Waals surface area contributed by atoms with Crippen molar-refractivity contribution in [1.29, 1.82) is 0 Å². The highest BCUT2D eigenvalue weighted by molar-refractivity contribution is 5.80. The van der Waals surface area contributed by atoms with Crippen LogP contribution in [0.2, 0.25) is 0 Å². The Hall–Kier alpha value is -1.88. The molecule has 1 heterocycles. The molecule has 0 aromatic heterocycles. The monoisotopic (exact) mass is 305 g/mol. The molecule has 1 saturated heterocycles. The maximum atomic E-state index is 12.7. The Morgan fingerprint density at radius 1 is 1.36 bits per heavy atom. The molecular formula is C17H23NO4. The van der Waals surface area contributed by atoms with Crippen LogP contribution in [0.1, 0.15) is 31.4 Å². The van der Waals surface area contributed by atoms with Crippen molar-refractivity contribution in [3.8, 4) is 0 Å². The lowest BCUT2D eigenvalue weighted by molar-refractivity contribution is -0.147. The zero-order valence-corrected chi connectivity index (χ0v) is 13.1. The Balaban J connectivity index is 2.10. The van der Waals surface area contributed by atoms with Gasteiger partial charge in [0.2, 0.25) is 5.91 Å². The lowest BCUT2D eigenvalue weighted by Gasteiger charge is -2.34. The van der Waals surface area contributed by atoms with Crippen molar-refractivity contribution in [1.82, 2.24) is 4.90 Å². The fourth-order valence-electron chi connectivity index (χ4n) is 2.87.